The van der Waals surface area contributed by atoms with Gasteiger partial charge in [0.05, 0.1) is 11.7 Å². The molecule has 1 aliphatic heterocycles. The van der Waals surface area contributed by atoms with E-state index in [1.54, 1.807) is 0 Å². The Morgan fingerprint density at radius 2 is 1.53 bits per heavy atom. The van der Waals surface area contributed by atoms with Crippen LogP contribution in [0.2, 0.25) is 0 Å². The lowest BCUT2D eigenvalue weighted by Crippen LogP contribution is -2.31. The van der Waals surface area contributed by atoms with Gasteiger partial charge in [0, 0.05) is 6.54 Å². The molecule has 0 saturated carbocycles. The Morgan fingerprint density at radius 1 is 1.07 bits per heavy atom. The molecule has 1 atom stereocenters. The fourth-order valence-electron chi connectivity index (χ4n) is 1.88. The molecule has 90 valence electrons. The summed E-state index contributed by atoms with van der Waals surface area (Å²) in [5, 5.41) is 0. The summed E-state index contributed by atoms with van der Waals surface area (Å²) in [5.74, 6) is 0. The van der Waals surface area contributed by atoms with Crippen molar-refractivity contribution in [3.05, 3.63) is 0 Å². The van der Waals surface area contributed by atoms with E-state index in [0.29, 0.717) is 6.10 Å². The summed E-state index contributed by atoms with van der Waals surface area (Å²) < 4.78 is 5.65. The molecule has 1 heterocycles. The monoisotopic (exact) mass is 213 g/mol. The summed E-state index contributed by atoms with van der Waals surface area (Å²) in [6, 6.07) is 0. The number of nitrogens with zero attached hydrogens (tertiary/aromatic N) is 1. The summed E-state index contributed by atoms with van der Waals surface area (Å²) >= 11 is 0. The molecule has 0 bridgehead atoms. The zero-order chi connectivity index (χ0) is 11.3. The summed E-state index contributed by atoms with van der Waals surface area (Å²) in [7, 11) is 0. The molecule has 0 unspecified atom stereocenters. The van der Waals surface area contributed by atoms with E-state index in [2.05, 4.69) is 32.6 Å². The van der Waals surface area contributed by atoms with Crippen LogP contribution in [-0.4, -0.2) is 36.2 Å². The van der Waals surface area contributed by atoms with Crippen LogP contribution >= 0.6 is 0 Å². The van der Waals surface area contributed by atoms with Crippen molar-refractivity contribution >= 4 is 0 Å². The van der Waals surface area contributed by atoms with Crippen molar-refractivity contribution in [2.45, 2.75) is 65.1 Å². The highest BCUT2D eigenvalue weighted by molar-refractivity contribution is 4.96. The van der Waals surface area contributed by atoms with Gasteiger partial charge >= 0.3 is 0 Å². The molecule has 0 aromatic rings. The molecule has 0 aromatic carbocycles. The molecule has 2 heteroatoms. The lowest BCUT2D eigenvalue weighted by atomic mass is 10.1. The van der Waals surface area contributed by atoms with Crippen LogP contribution in [0.25, 0.3) is 0 Å². The summed E-state index contributed by atoms with van der Waals surface area (Å²) in [6.07, 6.45) is 5.69. The predicted molar refractivity (Wildman–Crippen MR) is 65.2 cm³/mol. The van der Waals surface area contributed by atoms with E-state index in [-0.39, 0.29) is 5.60 Å². The molecule has 2 nitrogen and oxygen atoms in total. The van der Waals surface area contributed by atoms with Gasteiger partial charge in [-0.25, -0.2) is 0 Å². The molecule has 1 aliphatic rings. The Labute approximate surface area is 95.0 Å². The minimum atomic E-state index is 0.149. The van der Waals surface area contributed by atoms with Gasteiger partial charge in [0.2, 0.25) is 0 Å². The van der Waals surface area contributed by atoms with Gasteiger partial charge in [0.1, 0.15) is 0 Å². The standard InChI is InChI=1S/C13H27NO/c1-5-7-9-14(10-8-6-2)11-12-13(3,4)15-12/h12H,5-11H2,1-4H3/t12-/m1/s1. The highest BCUT2D eigenvalue weighted by atomic mass is 16.6. The van der Waals surface area contributed by atoms with Crippen molar-refractivity contribution in [2.24, 2.45) is 0 Å². The van der Waals surface area contributed by atoms with E-state index in [4.69, 9.17) is 4.74 Å². The zero-order valence-electron chi connectivity index (χ0n) is 10.9. The van der Waals surface area contributed by atoms with E-state index in [1.807, 2.05) is 0 Å². The maximum Gasteiger partial charge on any atom is 0.0994 e. The second-order valence-electron chi connectivity index (χ2n) is 5.22. The SMILES string of the molecule is CCCCN(CCCC)C[C@H]1OC1(C)C. The van der Waals surface area contributed by atoms with Gasteiger partial charge in [-0.1, -0.05) is 26.7 Å². The number of epoxide rings is 1. The van der Waals surface area contributed by atoms with Crippen LogP contribution in [0.15, 0.2) is 0 Å². The molecule has 1 fully saturated rings. The quantitative estimate of drug-likeness (QED) is 0.576. The van der Waals surface area contributed by atoms with E-state index < -0.39 is 0 Å². The van der Waals surface area contributed by atoms with Crippen molar-refractivity contribution in [2.75, 3.05) is 19.6 Å². The summed E-state index contributed by atoms with van der Waals surface area (Å²) in [6.45, 7) is 12.5. The first kappa shape index (κ1) is 13.0. The van der Waals surface area contributed by atoms with Gasteiger partial charge in [-0.05, 0) is 39.8 Å². The average molecular weight is 213 g/mol. The number of ether oxygens (including phenoxy) is 1. The van der Waals surface area contributed by atoms with Crippen LogP contribution in [0, 0.1) is 0 Å². The van der Waals surface area contributed by atoms with Crippen molar-refractivity contribution < 1.29 is 4.74 Å². The van der Waals surface area contributed by atoms with Crippen LogP contribution in [0.5, 0.6) is 0 Å². The van der Waals surface area contributed by atoms with Gasteiger partial charge in [0.25, 0.3) is 0 Å². The average Bonchev–Trinajstić information content (AvgIpc) is 2.78. The molecule has 0 radical (unpaired) electrons. The lowest BCUT2D eigenvalue weighted by Gasteiger charge is -2.21. The smallest absolute Gasteiger partial charge is 0.0994 e. The molecule has 15 heavy (non-hydrogen) atoms. The first-order valence-corrected chi connectivity index (χ1v) is 6.50. The summed E-state index contributed by atoms with van der Waals surface area (Å²) in [4.78, 5) is 2.58. The Hall–Kier alpha value is -0.0800. The van der Waals surface area contributed by atoms with Crippen molar-refractivity contribution in [1.29, 1.82) is 0 Å². The Morgan fingerprint density at radius 3 is 1.87 bits per heavy atom. The Kier molecular flexibility index (Phi) is 5.07. The topological polar surface area (TPSA) is 15.8 Å². The van der Waals surface area contributed by atoms with Gasteiger partial charge in [-0.15, -0.1) is 0 Å². The van der Waals surface area contributed by atoms with E-state index in [1.165, 1.54) is 38.8 Å². The highest BCUT2D eigenvalue weighted by Gasteiger charge is 2.48. The molecule has 0 aliphatic carbocycles. The third-order valence-electron chi connectivity index (χ3n) is 3.24. The van der Waals surface area contributed by atoms with Crippen LogP contribution in [0.3, 0.4) is 0 Å². The van der Waals surface area contributed by atoms with Gasteiger partial charge in [-0.3, -0.25) is 0 Å². The third kappa shape index (κ3) is 4.52. The predicted octanol–water partition coefficient (Wildman–Crippen LogP) is 3.07. The molecule has 0 spiro atoms. The minimum Gasteiger partial charge on any atom is -0.365 e. The van der Waals surface area contributed by atoms with Crippen LogP contribution < -0.4 is 0 Å². The van der Waals surface area contributed by atoms with Gasteiger partial charge in [-0.2, -0.15) is 0 Å². The number of hydrogen-bond acceptors (Lipinski definition) is 2. The largest absolute Gasteiger partial charge is 0.365 e. The first-order valence-electron chi connectivity index (χ1n) is 6.50. The minimum absolute atomic E-state index is 0.149. The molecular weight excluding hydrogens is 186 g/mol. The zero-order valence-corrected chi connectivity index (χ0v) is 10.9. The highest BCUT2D eigenvalue weighted by Crippen LogP contribution is 2.35. The molecule has 0 N–H and O–H groups in total. The fourth-order valence-corrected chi connectivity index (χ4v) is 1.88. The van der Waals surface area contributed by atoms with Crippen molar-refractivity contribution in [1.82, 2.24) is 4.90 Å². The van der Waals surface area contributed by atoms with Crippen LogP contribution in [0.4, 0.5) is 0 Å². The maximum absolute atomic E-state index is 5.65. The van der Waals surface area contributed by atoms with Gasteiger partial charge in [0.15, 0.2) is 0 Å². The fraction of sp³-hybridized carbons (Fsp3) is 1.00. The molecular formula is C13H27NO. The second-order valence-corrected chi connectivity index (χ2v) is 5.22. The van der Waals surface area contributed by atoms with Gasteiger partial charge < -0.3 is 9.64 Å². The molecule has 0 aromatic heterocycles. The molecule has 1 rings (SSSR count). The normalized spacial score (nSPS) is 23.4. The number of rotatable bonds is 8. The first-order chi connectivity index (χ1) is 7.10. The molecule has 1 saturated heterocycles. The Balaban J connectivity index is 2.22. The number of hydrogen-bond donors (Lipinski definition) is 0. The van der Waals surface area contributed by atoms with E-state index >= 15 is 0 Å². The number of unbranched alkanes of at least 4 members (excludes halogenated alkanes) is 2. The summed E-state index contributed by atoms with van der Waals surface area (Å²) in [5.41, 5.74) is 0.149. The second kappa shape index (κ2) is 5.86. The molecule has 0 amide bonds. The van der Waals surface area contributed by atoms with Crippen LogP contribution in [-0.2, 0) is 4.74 Å². The Bertz CT molecular complexity index is 171. The maximum atomic E-state index is 5.65. The van der Waals surface area contributed by atoms with E-state index in [0.717, 1.165) is 6.54 Å². The third-order valence-corrected chi connectivity index (χ3v) is 3.24. The van der Waals surface area contributed by atoms with Crippen LogP contribution in [0.1, 0.15) is 53.4 Å². The van der Waals surface area contributed by atoms with Crippen molar-refractivity contribution in [3.8, 4) is 0 Å². The van der Waals surface area contributed by atoms with Crippen molar-refractivity contribution in [3.63, 3.8) is 0 Å². The van der Waals surface area contributed by atoms with E-state index in [9.17, 15) is 0 Å². The lowest BCUT2D eigenvalue weighted by molar-refractivity contribution is 0.232.